The Kier molecular flexibility index (Phi) is 11.4. The SMILES string of the molecule is CCCCOC(=O)CN(c1ccc2c(ccn2-c2cnc(OCCNC(=O)OC(C)(C)C)cn2)c1)S(=O)(=O)c1cc(Cl)cc(Cl)c1. The summed E-state index contributed by atoms with van der Waals surface area (Å²) in [5.41, 5.74) is 0.354. The molecule has 0 unspecified atom stereocenters. The lowest BCUT2D eigenvalue weighted by Gasteiger charge is -2.24. The van der Waals surface area contributed by atoms with Crippen molar-refractivity contribution in [3.05, 3.63) is 71.1 Å². The number of benzene rings is 2. The van der Waals surface area contributed by atoms with Gasteiger partial charge in [-0.05, 0) is 69.7 Å². The largest absolute Gasteiger partial charge is 0.475 e. The number of alkyl carbamates (subject to hydrolysis) is 1. The van der Waals surface area contributed by atoms with Crippen LogP contribution in [0.1, 0.15) is 40.5 Å². The Morgan fingerprint density at radius 2 is 1.74 bits per heavy atom. The van der Waals surface area contributed by atoms with Gasteiger partial charge in [0, 0.05) is 21.6 Å². The molecule has 0 saturated heterocycles. The summed E-state index contributed by atoms with van der Waals surface area (Å²) in [5.74, 6) is 0.0572. The van der Waals surface area contributed by atoms with Gasteiger partial charge in [-0.15, -0.1) is 0 Å². The Morgan fingerprint density at radius 3 is 2.39 bits per heavy atom. The molecule has 15 heteroatoms. The number of rotatable bonds is 13. The number of unbranched alkanes of at least 4 members (excludes halogenated alkanes) is 1. The molecule has 0 bridgehead atoms. The molecule has 0 aliphatic rings. The fourth-order valence-corrected chi connectivity index (χ4v) is 6.36. The van der Waals surface area contributed by atoms with Gasteiger partial charge in [-0.3, -0.25) is 13.7 Å². The molecule has 4 rings (SSSR count). The summed E-state index contributed by atoms with van der Waals surface area (Å²) < 4.78 is 46.4. The standard InChI is InChI=1S/C31H35Cl2N5O7S/c1-5-6-12-44-29(39)20-38(46(41,42)25-16-22(32)15-23(33)17-25)24-7-8-26-21(14-24)9-11-37(26)27-18-36-28(19-35-27)43-13-10-34-30(40)45-31(2,3)4/h7-9,11,14-19H,5-6,10,12-13,20H2,1-4H3,(H,34,40). The van der Waals surface area contributed by atoms with Crippen molar-refractivity contribution in [3.63, 3.8) is 0 Å². The lowest BCUT2D eigenvalue weighted by atomic mass is 10.2. The molecule has 46 heavy (non-hydrogen) atoms. The van der Waals surface area contributed by atoms with Crippen LogP contribution in [0.5, 0.6) is 5.88 Å². The van der Waals surface area contributed by atoms with Gasteiger partial charge >= 0.3 is 12.1 Å². The highest BCUT2D eigenvalue weighted by atomic mass is 35.5. The van der Waals surface area contributed by atoms with Crippen molar-refractivity contribution in [3.8, 4) is 11.7 Å². The predicted molar refractivity (Wildman–Crippen MR) is 175 cm³/mol. The maximum Gasteiger partial charge on any atom is 0.407 e. The smallest absolute Gasteiger partial charge is 0.407 e. The zero-order chi connectivity index (χ0) is 33.5. The molecule has 2 aromatic carbocycles. The van der Waals surface area contributed by atoms with Crippen molar-refractivity contribution in [2.24, 2.45) is 0 Å². The van der Waals surface area contributed by atoms with Gasteiger partial charge in [-0.1, -0.05) is 36.5 Å². The van der Waals surface area contributed by atoms with Crippen LogP contribution in [0, 0.1) is 0 Å². The maximum absolute atomic E-state index is 13.8. The van der Waals surface area contributed by atoms with Crippen LogP contribution < -0.4 is 14.4 Å². The number of hydrogen-bond donors (Lipinski definition) is 1. The number of amides is 1. The quantitative estimate of drug-likeness (QED) is 0.129. The number of sulfonamides is 1. The molecule has 0 spiro atoms. The van der Waals surface area contributed by atoms with Crippen molar-refractivity contribution >= 4 is 61.9 Å². The minimum absolute atomic E-state index is 0.138. The molecule has 1 amide bonds. The number of aromatic nitrogens is 3. The predicted octanol–water partition coefficient (Wildman–Crippen LogP) is 6.17. The second-order valence-corrected chi connectivity index (χ2v) is 13.8. The molecule has 0 atom stereocenters. The molecular formula is C31H35Cl2N5O7S. The third-order valence-corrected chi connectivity index (χ3v) is 8.49. The van der Waals surface area contributed by atoms with E-state index in [1.165, 1.54) is 30.6 Å². The Morgan fingerprint density at radius 1 is 1.00 bits per heavy atom. The number of fused-ring (bicyclic) bond motifs is 1. The number of nitrogens with one attached hydrogen (secondary N) is 1. The average Bonchev–Trinajstić information content (AvgIpc) is 3.40. The number of carbonyl (C=O) groups excluding carboxylic acids is 2. The average molecular weight is 693 g/mol. The van der Waals surface area contributed by atoms with Gasteiger partial charge in [0.25, 0.3) is 10.0 Å². The number of hydrogen-bond acceptors (Lipinski definition) is 9. The topological polar surface area (TPSA) is 142 Å². The zero-order valence-electron chi connectivity index (χ0n) is 25.8. The minimum atomic E-state index is -4.28. The van der Waals surface area contributed by atoms with Crippen LogP contribution in [0.15, 0.2) is 66.0 Å². The van der Waals surface area contributed by atoms with Crippen LogP contribution in [-0.2, 0) is 24.3 Å². The Hall–Kier alpha value is -4.07. The van der Waals surface area contributed by atoms with E-state index in [1.54, 1.807) is 55.8 Å². The van der Waals surface area contributed by atoms with Gasteiger partial charge in [-0.25, -0.2) is 23.2 Å². The molecular weight excluding hydrogens is 657 g/mol. The van der Waals surface area contributed by atoms with Crippen LogP contribution in [0.2, 0.25) is 10.0 Å². The summed E-state index contributed by atoms with van der Waals surface area (Å²) in [4.78, 5) is 33.0. The van der Waals surface area contributed by atoms with E-state index in [9.17, 15) is 18.0 Å². The highest BCUT2D eigenvalue weighted by Gasteiger charge is 2.29. The normalized spacial score (nSPS) is 11.7. The van der Waals surface area contributed by atoms with E-state index in [2.05, 4.69) is 15.3 Å². The fraction of sp³-hybridized carbons (Fsp3) is 0.355. The van der Waals surface area contributed by atoms with Crippen LogP contribution >= 0.6 is 23.2 Å². The lowest BCUT2D eigenvalue weighted by Crippen LogP contribution is -2.36. The molecule has 0 fully saturated rings. The van der Waals surface area contributed by atoms with E-state index in [0.29, 0.717) is 23.1 Å². The summed E-state index contributed by atoms with van der Waals surface area (Å²) >= 11 is 12.2. The van der Waals surface area contributed by atoms with Gasteiger partial charge in [-0.2, -0.15) is 0 Å². The van der Waals surface area contributed by atoms with Crippen LogP contribution in [-0.4, -0.2) is 66.9 Å². The summed E-state index contributed by atoms with van der Waals surface area (Å²) in [6.45, 7) is 7.30. The zero-order valence-corrected chi connectivity index (χ0v) is 28.2. The van der Waals surface area contributed by atoms with Crippen molar-refractivity contribution in [1.29, 1.82) is 0 Å². The fourth-order valence-electron chi connectivity index (χ4n) is 4.23. The first kappa shape index (κ1) is 34.8. The monoisotopic (exact) mass is 691 g/mol. The number of ether oxygens (including phenoxy) is 3. The molecule has 2 aromatic heterocycles. The van der Waals surface area contributed by atoms with Gasteiger partial charge in [0.1, 0.15) is 18.8 Å². The van der Waals surface area contributed by atoms with Crippen molar-refractivity contribution in [2.75, 3.05) is 30.6 Å². The van der Waals surface area contributed by atoms with E-state index in [4.69, 9.17) is 37.4 Å². The van der Waals surface area contributed by atoms with Gasteiger partial charge in [0.2, 0.25) is 5.88 Å². The second kappa shape index (κ2) is 15.0. The number of nitrogens with zero attached hydrogens (tertiary/aromatic N) is 4. The first-order chi connectivity index (χ1) is 21.8. The summed E-state index contributed by atoms with van der Waals surface area (Å²) in [6, 6.07) is 10.7. The maximum atomic E-state index is 13.8. The molecule has 1 N–H and O–H groups in total. The first-order valence-electron chi connectivity index (χ1n) is 14.4. The Bertz CT molecular complexity index is 1770. The summed E-state index contributed by atoms with van der Waals surface area (Å²) in [7, 11) is -4.28. The molecule has 4 aromatic rings. The highest BCUT2D eigenvalue weighted by molar-refractivity contribution is 7.92. The molecule has 0 aliphatic carbocycles. The summed E-state index contributed by atoms with van der Waals surface area (Å²) in [6.07, 6.45) is 5.67. The van der Waals surface area contributed by atoms with Crippen molar-refractivity contribution in [1.82, 2.24) is 19.9 Å². The van der Waals surface area contributed by atoms with Gasteiger partial charge in [0.05, 0.1) is 41.6 Å². The number of anilines is 1. The van der Waals surface area contributed by atoms with E-state index in [-0.39, 0.29) is 46.3 Å². The van der Waals surface area contributed by atoms with E-state index in [1.807, 2.05) is 6.92 Å². The lowest BCUT2D eigenvalue weighted by molar-refractivity contribution is -0.141. The van der Waals surface area contributed by atoms with Crippen LogP contribution in [0.4, 0.5) is 10.5 Å². The Labute approximate surface area is 277 Å². The Balaban J connectivity index is 1.53. The number of esters is 1. The molecule has 0 saturated carbocycles. The molecule has 246 valence electrons. The van der Waals surface area contributed by atoms with Gasteiger partial charge < -0.3 is 19.5 Å². The number of carbonyl (C=O) groups is 2. The van der Waals surface area contributed by atoms with E-state index < -0.39 is 34.2 Å². The molecule has 0 aliphatic heterocycles. The third-order valence-electron chi connectivity index (χ3n) is 6.30. The molecule has 2 heterocycles. The highest BCUT2D eigenvalue weighted by Crippen LogP contribution is 2.31. The minimum Gasteiger partial charge on any atom is -0.475 e. The summed E-state index contributed by atoms with van der Waals surface area (Å²) in [5, 5.41) is 3.56. The number of halogens is 2. The second-order valence-electron chi connectivity index (χ2n) is 11.1. The molecule has 0 radical (unpaired) electrons. The van der Waals surface area contributed by atoms with E-state index >= 15 is 0 Å². The van der Waals surface area contributed by atoms with Gasteiger partial charge in [0.15, 0.2) is 5.82 Å². The van der Waals surface area contributed by atoms with Crippen LogP contribution in [0.25, 0.3) is 16.7 Å². The van der Waals surface area contributed by atoms with Crippen LogP contribution in [0.3, 0.4) is 0 Å². The van der Waals surface area contributed by atoms with Crippen molar-refractivity contribution in [2.45, 2.75) is 51.0 Å². The van der Waals surface area contributed by atoms with Crippen molar-refractivity contribution < 1.29 is 32.2 Å². The van der Waals surface area contributed by atoms with E-state index in [0.717, 1.165) is 10.7 Å². The first-order valence-corrected chi connectivity index (χ1v) is 16.6. The molecule has 12 nitrogen and oxygen atoms in total. The third kappa shape index (κ3) is 9.24.